The molecule has 10 nitrogen and oxygen atoms in total. The number of amides is 4. The molecule has 0 saturated carbocycles. The van der Waals surface area contributed by atoms with Crippen LogP contribution in [0, 0.1) is 5.92 Å². The van der Waals surface area contributed by atoms with Crippen molar-refractivity contribution < 1.29 is 23.9 Å². The van der Waals surface area contributed by atoms with Crippen LogP contribution < -0.4 is 16.4 Å². The molecule has 0 spiro atoms. The van der Waals surface area contributed by atoms with Gasteiger partial charge in [-0.1, -0.05) is 91.0 Å². The maximum atomic E-state index is 14.5. The maximum Gasteiger partial charge on any atom is 0.410 e. The second kappa shape index (κ2) is 15.7. The van der Waals surface area contributed by atoms with Gasteiger partial charge in [0.25, 0.3) is 0 Å². The first kappa shape index (κ1) is 35.6. The predicted octanol–water partition coefficient (Wildman–Crippen LogP) is 4.58. The number of ether oxygens (including phenoxy) is 1. The van der Waals surface area contributed by atoms with E-state index < -0.39 is 41.8 Å². The van der Waals surface area contributed by atoms with E-state index in [0.29, 0.717) is 25.7 Å². The summed E-state index contributed by atoms with van der Waals surface area (Å²) in [5, 5.41) is 6.24. The predicted molar refractivity (Wildman–Crippen MR) is 188 cm³/mol. The van der Waals surface area contributed by atoms with E-state index in [0.717, 1.165) is 16.7 Å². The van der Waals surface area contributed by atoms with Crippen molar-refractivity contribution in [1.29, 1.82) is 0 Å². The average Bonchev–Trinajstić information content (AvgIpc) is 3.48. The Balaban J connectivity index is 1.39. The summed E-state index contributed by atoms with van der Waals surface area (Å²) in [4.78, 5) is 58.9. The number of carbonyl (C=O) groups is 4. The monoisotopic (exact) mass is 667 g/mol. The Morgan fingerprint density at radius 1 is 0.878 bits per heavy atom. The topological polar surface area (TPSA) is 134 Å². The molecular weight excluding hydrogens is 618 g/mol. The van der Waals surface area contributed by atoms with Crippen LogP contribution in [-0.4, -0.2) is 77.0 Å². The molecule has 3 aromatic rings. The van der Waals surface area contributed by atoms with Gasteiger partial charge in [-0.05, 0) is 69.7 Å². The van der Waals surface area contributed by atoms with Crippen LogP contribution in [0.1, 0.15) is 69.2 Å². The number of nitrogens with one attached hydrogen (secondary N) is 2. The molecule has 2 saturated heterocycles. The molecule has 5 unspecified atom stereocenters. The molecular formula is C39H49N5O5. The normalized spacial score (nSPS) is 21.3. The van der Waals surface area contributed by atoms with Gasteiger partial charge in [0.05, 0.1) is 6.04 Å². The summed E-state index contributed by atoms with van der Waals surface area (Å²) in [5.74, 6) is -1.38. The molecule has 4 N–H and O–H groups in total. The lowest BCUT2D eigenvalue weighted by Gasteiger charge is -2.34. The number of nitrogens with zero attached hydrogens (tertiary/aromatic N) is 2. The number of rotatable bonds is 10. The van der Waals surface area contributed by atoms with Gasteiger partial charge >= 0.3 is 6.09 Å². The highest BCUT2D eigenvalue weighted by atomic mass is 16.6. The molecule has 0 radical (unpaired) electrons. The van der Waals surface area contributed by atoms with Gasteiger partial charge in [-0.25, -0.2) is 4.79 Å². The zero-order chi connectivity index (χ0) is 35.1. The van der Waals surface area contributed by atoms with Crippen molar-refractivity contribution in [3.05, 3.63) is 108 Å². The third-order valence-electron chi connectivity index (χ3n) is 9.54. The fraction of sp³-hybridized carbons (Fsp3) is 0.436. The Labute approximate surface area is 289 Å². The van der Waals surface area contributed by atoms with Gasteiger partial charge in [0.1, 0.15) is 23.7 Å². The second-order valence-electron chi connectivity index (χ2n) is 14.1. The standard InChI is InChI=1S/C39H49N5O5/c1-39(2,3)49-38(48)43(4)32(24-26-14-8-5-9-15-26)36(46)42-34-29(25-40)20-21-30-22-23-31(44(30)37(34)47)35(45)41-33(27-16-10-6-11-17-27)28-18-12-7-13-19-28/h5-19,29-34H,20-25,40H2,1-4H3,(H,41,45)(H,42,46). The molecule has 3 aromatic carbocycles. The van der Waals surface area contributed by atoms with E-state index in [1.165, 1.54) is 11.9 Å². The first-order valence-corrected chi connectivity index (χ1v) is 17.2. The number of carbonyl (C=O) groups excluding carboxylic acids is 4. The van der Waals surface area contributed by atoms with Crippen LogP contribution in [0.2, 0.25) is 0 Å². The minimum Gasteiger partial charge on any atom is -0.444 e. The molecule has 0 aliphatic carbocycles. The van der Waals surface area contributed by atoms with E-state index in [9.17, 15) is 19.2 Å². The van der Waals surface area contributed by atoms with Crippen LogP contribution in [0.25, 0.3) is 0 Å². The number of likely N-dealkylation sites (N-methyl/N-ethyl adjacent to an activating group) is 1. The minimum absolute atomic E-state index is 0.143. The van der Waals surface area contributed by atoms with Crippen LogP contribution in [0.15, 0.2) is 91.0 Å². The Kier molecular flexibility index (Phi) is 11.4. The molecule has 4 amide bonds. The summed E-state index contributed by atoms with van der Waals surface area (Å²) >= 11 is 0. The van der Waals surface area contributed by atoms with E-state index in [4.69, 9.17) is 10.5 Å². The van der Waals surface area contributed by atoms with Gasteiger partial charge in [-0.2, -0.15) is 0 Å². The van der Waals surface area contributed by atoms with Crippen LogP contribution in [0.3, 0.4) is 0 Å². The third kappa shape index (κ3) is 8.67. The van der Waals surface area contributed by atoms with Crippen molar-refractivity contribution in [2.75, 3.05) is 13.6 Å². The fourth-order valence-electron chi connectivity index (χ4n) is 6.97. The van der Waals surface area contributed by atoms with Gasteiger partial charge in [0.2, 0.25) is 17.7 Å². The first-order chi connectivity index (χ1) is 23.5. The quantitative estimate of drug-likeness (QED) is 0.290. The van der Waals surface area contributed by atoms with E-state index in [1.54, 1.807) is 25.7 Å². The van der Waals surface area contributed by atoms with Crippen molar-refractivity contribution in [3.8, 4) is 0 Å². The van der Waals surface area contributed by atoms with E-state index >= 15 is 0 Å². The zero-order valence-corrected chi connectivity index (χ0v) is 28.9. The van der Waals surface area contributed by atoms with E-state index in [1.807, 2.05) is 91.0 Å². The van der Waals surface area contributed by atoms with Crippen molar-refractivity contribution in [1.82, 2.24) is 20.4 Å². The number of hydrogen-bond donors (Lipinski definition) is 3. The largest absolute Gasteiger partial charge is 0.444 e. The Morgan fingerprint density at radius 2 is 1.43 bits per heavy atom. The maximum absolute atomic E-state index is 14.5. The molecule has 2 aliphatic rings. The molecule has 5 atom stereocenters. The Hall–Kier alpha value is -4.70. The van der Waals surface area contributed by atoms with Crippen molar-refractivity contribution >= 4 is 23.8 Å². The molecule has 2 aliphatic heterocycles. The van der Waals surface area contributed by atoms with Gasteiger partial charge < -0.3 is 26.0 Å². The van der Waals surface area contributed by atoms with Gasteiger partial charge in [-0.15, -0.1) is 0 Å². The van der Waals surface area contributed by atoms with Crippen LogP contribution in [0.4, 0.5) is 4.79 Å². The van der Waals surface area contributed by atoms with Crippen LogP contribution in [-0.2, 0) is 25.5 Å². The number of fused-ring (bicyclic) bond motifs is 1. The summed E-state index contributed by atoms with van der Waals surface area (Å²) in [5.41, 5.74) is 8.19. The van der Waals surface area contributed by atoms with Crippen molar-refractivity contribution in [2.24, 2.45) is 11.7 Å². The molecule has 0 aromatic heterocycles. The van der Waals surface area contributed by atoms with Crippen molar-refractivity contribution in [2.45, 2.75) is 88.7 Å². The van der Waals surface area contributed by atoms with Crippen molar-refractivity contribution in [3.63, 3.8) is 0 Å². The highest BCUT2D eigenvalue weighted by Crippen LogP contribution is 2.35. The van der Waals surface area contributed by atoms with Crippen LogP contribution >= 0.6 is 0 Å². The van der Waals surface area contributed by atoms with E-state index in [-0.39, 0.29) is 36.7 Å². The number of hydrogen-bond acceptors (Lipinski definition) is 6. The Bertz CT molecular complexity index is 1540. The highest BCUT2D eigenvalue weighted by Gasteiger charge is 2.48. The summed E-state index contributed by atoms with van der Waals surface area (Å²) in [6, 6.07) is 25.8. The summed E-state index contributed by atoms with van der Waals surface area (Å²) in [7, 11) is 1.53. The number of benzene rings is 3. The third-order valence-corrected chi connectivity index (χ3v) is 9.54. The molecule has 2 fully saturated rings. The summed E-state index contributed by atoms with van der Waals surface area (Å²) in [6.07, 6.45) is 2.06. The first-order valence-electron chi connectivity index (χ1n) is 17.2. The SMILES string of the molecule is CN(C(=O)OC(C)(C)C)C(Cc1ccccc1)C(=O)NC1C(=O)N2C(CCC1CN)CCC2C(=O)NC(c1ccccc1)c1ccccc1. The lowest BCUT2D eigenvalue weighted by Crippen LogP contribution is -2.60. The number of nitrogens with two attached hydrogens (primary N) is 1. The summed E-state index contributed by atoms with van der Waals surface area (Å²) in [6.45, 7) is 5.48. The molecule has 0 bridgehead atoms. The second-order valence-corrected chi connectivity index (χ2v) is 14.1. The fourth-order valence-corrected chi connectivity index (χ4v) is 6.97. The lowest BCUT2D eigenvalue weighted by molar-refractivity contribution is -0.144. The molecule has 260 valence electrons. The molecule has 2 heterocycles. The smallest absolute Gasteiger partial charge is 0.410 e. The molecule has 5 rings (SSSR count). The Morgan fingerprint density at radius 3 is 1.98 bits per heavy atom. The highest BCUT2D eigenvalue weighted by molar-refractivity contribution is 5.95. The van der Waals surface area contributed by atoms with Crippen LogP contribution in [0.5, 0.6) is 0 Å². The average molecular weight is 668 g/mol. The van der Waals surface area contributed by atoms with Gasteiger partial charge in [-0.3, -0.25) is 19.3 Å². The molecule has 49 heavy (non-hydrogen) atoms. The van der Waals surface area contributed by atoms with E-state index in [2.05, 4.69) is 10.6 Å². The molecule has 10 heteroatoms. The van der Waals surface area contributed by atoms with Gasteiger partial charge in [0.15, 0.2) is 0 Å². The lowest BCUT2D eigenvalue weighted by atomic mass is 9.92. The zero-order valence-electron chi connectivity index (χ0n) is 28.9. The van der Waals surface area contributed by atoms with Gasteiger partial charge in [0, 0.05) is 25.4 Å². The summed E-state index contributed by atoms with van der Waals surface area (Å²) < 4.78 is 5.60. The minimum atomic E-state index is -0.960.